The fourth-order valence-electron chi connectivity index (χ4n) is 0.466. The first-order chi connectivity index (χ1) is 4.02. The van der Waals surface area contributed by atoms with E-state index in [1.54, 1.807) is 11.6 Å². The Hall–Kier alpha value is -0.370. The Morgan fingerprint density at radius 2 is 1.89 bits per heavy atom. The molecule has 0 saturated heterocycles. The van der Waals surface area contributed by atoms with Crippen molar-refractivity contribution in [1.29, 1.82) is 0 Å². The first-order valence-electron chi connectivity index (χ1n) is 2.90. The maximum Gasteiger partial charge on any atom is 0.00653 e. The third-order valence-electron chi connectivity index (χ3n) is 1.17. The van der Waals surface area contributed by atoms with Crippen LogP contribution in [0.1, 0.15) is 20.8 Å². The molecule has 0 fully saturated rings. The van der Waals surface area contributed by atoms with E-state index in [4.69, 9.17) is 18.0 Å². The molecule has 0 bridgehead atoms. The van der Waals surface area contributed by atoms with Crippen LogP contribution in [0.15, 0.2) is 11.8 Å². The predicted molar refractivity (Wildman–Crippen MR) is 45.4 cm³/mol. The van der Waals surface area contributed by atoms with Crippen molar-refractivity contribution in [2.75, 3.05) is 0 Å². The van der Waals surface area contributed by atoms with Gasteiger partial charge in [-0.3, -0.25) is 0 Å². The van der Waals surface area contributed by atoms with Gasteiger partial charge in [0.2, 0.25) is 0 Å². The molecule has 0 radical (unpaired) electrons. The summed E-state index contributed by atoms with van der Waals surface area (Å²) in [6.07, 6.45) is 1.56. The van der Waals surface area contributed by atoms with Crippen LogP contribution >= 0.6 is 12.2 Å². The maximum atomic E-state index is 5.31. The van der Waals surface area contributed by atoms with Gasteiger partial charge in [0, 0.05) is 5.37 Å². The Labute approximate surface area is 61.9 Å². The van der Waals surface area contributed by atoms with Crippen LogP contribution in [0.5, 0.6) is 0 Å². The first kappa shape index (κ1) is 8.63. The first-order valence-corrected chi connectivity index (χ1v) is 3.37. The quantitative estimate of drug-likeness (QED) is 0.448. The van der Waals surface area contributed by atoms with Crippen molar-refractivity contribution >= 4 is 17.6 Å². The lowest BCUT2D eigenvalue weighted by molar-refractivity contribution is 0.526. The van der Waals surface area contributed by atoms with Gasteiger partial charge in [-0.2, -0.15) is 0 Å². The van der Waals surface area contributed by atoms with Gasteiger partial charge in [0.25, 0.3) is 0 Å². The molecule has 0 aliphatic carbocycles. The number of hydrogen-bond acceptors (Lipinski definition) is 2. The lowest BCUT2D eigenvalue weighted by Gasteiger charge is -2.17. The van der Waals surface area contributed by atoms with Crippen molar-refractivity contribution in [1.82, 2.24) is 0 Å². The molecule has 52 valence electrons. The maximum absolute atomic E-state index is 5.31. The lowest BCUT2D eigenvalue weighted by Crippen LogP contribution is -2.11. The molecule has 0 aromatic rings. The minimum Gasteiger partial charge on any atom is -0.404 e. The second kappa shape index (κ2) is 2.97. The van der Waals surface area contributed by atoms with Crippen molar-refractivity contribution < 1.29 is 0 Å². The summed E-state index contributed by atoms with van der Waals surface area (Å²) in [5.74, 6) is 0. The average molecular weight is 143 g/mol. The summed E-state index contributed by atoms with van der Waals surface area (Å²) in [6.45, 7) is 6.23. The molecular formula is C7H13NS. The summed E-state index contributed by atoms with van der Waals surface area (Å²) in [5.41, 5.74) is 6.41. The average Bonchev–Trinajstić information content (AvgIpc) is 1.65. The SMILES string of the molecule is CC(C)(C)C(C=S)=CN. The van der Waals surface area contributed by atoms with Crippen LogP contribution in [-0.2, 0) is 0 Å². The molecule has 0 amide bonds. The molecule has 0 spiro atoms. The number of allylic oxidation sites excluding steroid dienone is 1. The molecule has 2 N–H and O–H groups in total. The van der Waals surface area contributed by atoms with Crippen LogP contribution in [0.25, 0.3) is 0 Å². The zero-order valence-electron chi connectivity index (χ0n) is 6.14. The van der Waals surface area contributed by atoms with Gasteiger partial charge in [0.1, 0.15) is 0 Å². The normalized spacial score (nSPS) is 13.4. The summed E-state index contributed by atoms with van der Waals surface area (Å²) in [7, 11) is 0. The van der Waals surface area contributed by atoms with E-state index in [0.29, 0.717) is 0 Å². The number of thiocarbonyl (C=S) groups is 1. The van der Waals surface area contributed by atoms with Gasteiger partial charge < -0.3 is 5.73 Å². The summed E-state index contributed by atoms with van der Waals surface area (Å²) in [6, 6.07) is 0. The molecular weight excluding hydrogens is 130 g/mol. The Morgan fingerprint density at radius 3 is 1.89 bits per heavy atom. The molecule has 0 aliphatic heterocycles. The largest absolute Gasteiger partial charge is 0.404 e. The van der Waals surface area contributed by atoms with Gasteiger partial charge in [-0.15, -0.1) is 0 Å². The molecule has 9 heavy (non-hydrogen) atoms. The molecule has 2 heteroatoms. The van der Waals surface area contributed by atoms with Gasteiger partial charge in [-0.1, -0.05) is 33.0 Å². The van der Waals surface area contributed by atoms with Crippen LogP contribution in [-0.4, -0.2) is 5.37 Å². The molecule has 0 rings (SSSR count). The van der Waals surface area contributed by atoms with Gasteiger partial charge in [0.05, 0.1) is 0 Å². The van der Waals surface area contributed by atoms with Crippen LogP contribution < -0.4 is 5.73 Å². The second-order valence-electron chi connectivity index (χ2n) is 2.99. The summed E-state index contributed by atoms with van der Waals surface area (Å²) in [5, 5.41) is 1.62. The fraction of sp³-hybridized carbons (Fsp3) is 0.571. The molecule has 0 heterocycles. The van der Waals surface area contributed by atoms with E-state index in [2.05, 4.69) is 20.8 Å². The summed E-state index contributed by atoms with van der Waals surface area (Å²) in [4.78, 5) is 0. The second-order valence-corrected chi connectivity index (χ2v) is 3.23. The van der Waals surface area contributed by atoms with Crippen molar-refractivity contribution in [2.24, 2.45) is 11.1 Å². The topological polar surface area (TPSA) is 26.0 Å². The Kier molecular flexibility index (Phi) is 2.85. The van der Waals surface area contributed by atoms with E-state index in [9.17, 15) is 0 Å². The third-order valence-corrected chi connectivity index (χ3v) is 1.43. The van der Waals surface area contributed by atoms with E-state index < -0.39 is 0 Å². The van der Waals surface area contributed by atoms with Crippen molar-refractivity contribution in [3.8, 4) is 0 Å². The van der Waals surface area contributed by atoms with Gasteiger partial charge in [-0.05, 0) is 17.2 Å². The Morgan fingerprint density at radius 1 is 1.44 bits per heavy atom. The van der Waals surface area contributed by atoms with E-state index in [1.807, 2.05) is 0 Å². The van der Waals surface area contributed by atoms with Crippen molar-refractivity contribution in [3.05, 3.63) is 11.8 Å². The molecule has 0 atom stereocenters. The van der Waals surface area contributed by atoms with Gasteiger partial charge in [0.15, 0.2) is 0 Å². The number of nitrogens with two attached hydrogens (primary N) is 1. The number of hydrogen-bond donors (Lipinski definition) is 1. The zero-order valence-corrected chi connectivity index (χ0v) is 6.96. The molecule has 1 nitrogen and oxygen atoms in total. The van der Waals surface area contributed by atoms with Gasteiger partial charge >= 0.3 is 0 Å². The highest BCUT2D eigenvalue weighted by Crippen LogP contribution is 2.22. The standard InChI is InChI=1S/C7H13NS/c1-7(2,3)6(4-8)5-9/h4-5H,8H2,1-3H3. The zero-order chi connectivity index (χ0) is 7.49. The van der Waals surface area contributed by atoms with Crippen LogP contribution in [0.3, 0.4) is 0 Å². The summed E-state index contributed by atoms with van der Waals surface area (Å²) >= 11 is 4.75. The minimum atomic E-state index is 0.0938. The van der Waals surface area contributed by atoms with E-state index >= 15 is 0 Å². The highest BCUT2D eigenvalue weighted by atomic mass is 32.1. The summed E-state index contributed by atoms with van der Waals surface area (Å²) < 4.78 is 0. The number of rotatable bonds is 1. The highest BCUT2D eigenvalue weighted by Gasteiger charge is 2.13. The van der Waals surface area contributed by atoms with E-state index in [1.165, 1.54) is 0 Å². The van der Waals surface area contributed by atoms with Crippen molar-refractivity contribution in [2.45, 2.75) is 20.8 Å². The molecule has 0 saturated carbocycles. The predicted octanol–water partition coefficient (Wildman–Crippen LogP) is 1.87. The van der Waals surface area contributed by atoms with Crippen LogP contribution in [0.4, 0.5) is 0 Å². The monoisotopic (exact) mass is 143 g/mol. The third kappa shape index (κ3) is 2.61. The van der Waals surface area contributed by atoms with E-state index in [0.717, 1.165) is 5.57 Å². The fourth-order valence-corrected chi connectivity index (χ4v) is 0.898. The Balaban J connectivity index is 4.32. The molecule has 0 aromatic heterocycles. The molecule has 0 unspecified atom stereocenters. The van der Waals surface area contributed by atoms with Crippen molar-refractivity contribution in [3.63, 3.8) is 0 Å². The highest BCUT2D eigenvalue weighted by molar-refractivity contribution is 7.79. The van der Waals surface area contributed by atoms with E-state index in [-0.39, 0.29) is 5.41 Å². The van der Waals surface area contributed by atoms with Crippen LogP contribution in [0.2, 0.25) is 0 Å². The molecule has 0 aromatic carbocycles. The lowest BCUT2D eigenvalue weighted by atomic mass is 9.88. The van der Waals surface area contributed by atoms with Crippen LogP contribution in [0, 0.1) is 5.41 Å². The minimum absolute atomic E-state index is 0.0938. The molecule has 0 aliphatic rings. The van der Waals surface area contributed by atoms with Gasteiger partial charge in [-0.25, -0.2) is 0 Å². The smallest absolute Gasteiger partial charge is 0.00653 e. The Bertz CT molecular complexity index is 130.